The maximum Gasteiger partial charge on any atom is 0.101 e. The lowest BCUT2D eigenvalue weighted by Gasteiger charge is -2.13. The third kappa shape index (κ3) is 5.19. The number of para-hydroxylation sites is 1. The van der Waals surface area contributed by atoms with Crippen LogP contribution in [0.3, 0.4) is 0 Å². The van der Waals surface area contributed by atoms with Crippen molar-refractivity contribution in [2.75, 3.05) is 0 Å². The number of nitrogens with zero attached hydrogens (tertiary/aromatic N) is 4. The van der Waals surface area contributed by atoms with E-state index in [4.69, 9.17) is 0 Å². The second-order valence-electron chi connectivity index (χ2n) is 12.0. The maximum atomic E-state index is 10.1. The number of hydrogen-bond acceptors (Lipinski definition) is 3. The molecular formula is C45H26N4. The fourth-order valence-electron chi connectivity index (χ4n) is 6.77. The molecule has 0 saturated carbocycles. The van der Waals surface area contributed by atoms with Gasteiger partial charge in [0, 0.05) is 10.8 Å². The van der Waals surface area contributed by atoms with Crippen LogP contribution in [0, 0.1) is 34.0 Å². The lowest BCUT2D eigenvalue weighted by atomic mass is 9.92. The van der Waals surface area contributed by atoms with E-state index in [0.717, 1.165) is 55.2 Å². The number of rotatable bonds is 5. The molecule has 0 saturated heterocycles. The van der Waals surface area contributed by atoms with Gasteiger partial charge in [-0.2, -0.15) is 15.8 Å². The fourth-order valence-corrected chi connectivity index (χ4v) is 6.77. The van der Waals surface area contributed by atoms with Crippen molar-refractivity contribution in [1.29, 1.82) is 15.8 Å². The van der Waals surface area contributed by atoms with Crippen LogP contribution in [0.15, 0.2) is 158 Å². The summed E-state index contributed by atoms with van der Waals surface area (Å²) < 4.78 is 1.98. The Bertz CT molecular complexity index is 2590. The van der Waals surface area contributed by atoms with Crippen LogP contribution in [-0.4, -0.2) is 4.57 Å². The van der Waals surface area contributed by atoms with E-state index >= 15 is 0 Å². The molecule has 0 radical (unpaired) electrons. The highest BCUT2D eigenvalue weighted by atomic mass is 15.0. The van der Waals surface area contributed by atoms with Gasteiger partial charge in [-0.1, -0.05) is 103 Å². The number of aromatic nitrogens is 1. The van der Waals surface area contributed by atoms with E-state index in [0.29, 0.717) is 5.69 Å². The number of hydrogen-bond donors (Lipinski definition) is 0. The molecule has 0 fully saturated rings. The minimum Gasteiger partial charge on any atom is -0.307 e. The van der Waals surface area contributed by atoms with Crippen LogP contribution in [0.4, 0.5) is 0 Å². The molecule has 0 atom stereocenters. The van der Waals surface area contributed by atoms with Crippen LogP contribution in [0.25, 0.3) is 72.0 Å². The summed E-state index contributed by atoms with van der Waals surface area (Å²) in [4.78, 5) is 0. The maximum absolute atomic E-state index is 10.1. The average Bonchev–Trinajstić information content (AvgIpc) is 3.51. The molecule has 0 spiro atoms. The van der Waals surface area contributed by atoms with Crippen molar-refractivity contribution in [2.24, 2.45) is 0 Å². The molecule has 0 aliphatic rings. The van der Waals surface area contributed by atoms with Crippen molar-refractivity contribution in [3.8, 4) is 68.4 Å². The van der Waals surface area contributed by atoms with Gasteiger partial charge < -0.3 is 4.57 Å². The molecule has 0 N–H and O–H groups in total. The summed E-state index contributed by atoms with van der Waals surface area (Å²) in [5.74, 6) is 0. The molecule has 4 heteroatoms. The largest absolute Gasteiger partial charge is 0.307 e. The molecule has 8 rings (SSSR count). The van der Waals surface area contributed by atoms with Gasteiger partial charge in [0.05, 0.1) is 39.5 Å². The van der Waals surface area contributed by atoms with Gasteiger partial charge in [0.25, 0.3) is 0 Å². The minimum absolute atomic E-state index is 0.280. The number of fused-ring (bicyclic) bond motifs is 3. The molecule has 8 aromatic rings. The third-order valence-electron chi connectivity index (χ3n) is 9.05. The molecule has 0 amide bonds. The second kappa shape index (κ2) is 12.2. The normalized spacial score (nSPS) is 10.8. The van der Waals surface area contributed by atoms with Crippen molar-refractivity contribution < 1.29 is 0 Å². The van der Waals surface area contributed by atoms with Crippen molar-refractivity contribution in [3.63, 3.8) is 0 Å². The van der Waals surface area contributed by atoms with Gasteiger partial charge in [0.1, 0.15) is 12.1 Å². The zero-order chi connectivity index (χ0) is 33.3. The minimum atomic E-state index is 0.280. The van der Waals surface area contributed by atoms with E-state index in [-0.39, 0.29) is 16.7 Å². The van der Waals surface area contributed by atoms with E-state index in [1.807, 2.05) is 34.9 Å². The van der Waals surface area contributed by atoms with Crippen LogP contribution in [0.2, 0.25) is 0 Å². The topological polar surface area (TPSA) is 76.3 Å². The first kappa shape index (κ1) is 29.2. The number of nitriles is 3. The van der Waals surface area contributed by atoms with E-state index in [1.165, 1.54) is 11.1 Å². The van der Waals surface area contributed by atoms with Gasteiger partial charge in [-0.05, 0) is 99.1 Å². The van der Waals surface area contributed by atoms with E-state index in [2.05, 4.69) is 133 Å². The summed E-state index contributed by atoms with van der Waals surface area (Å²) in [6, 6.07) is 60.3. The second-order valence-corrected chi connectivity index (χ2v) is 12.0. The van der Waals surface area contributed by atoms with Crippen LogP contribution < -0.4 is 0 Å². The van der Waals surface area contributed by atoms with E-state index in [1.54, 1.807) is 12.1 Å². The summed E-state index contributed by atoms with van der Waals surface area (Å²) in [6.07, 6.45) is 0. The Morgan fingerprint density at radius 1 is 0.347 bits per heavy atom. The SMILES string of the molecule is N#Cc1cc(C#N)c(-n2c3ccccc3c3cc(-c4cccc(-c5cc(-c6ccccc6)cc(-c6ccccc6)c5)c4)ccc32)c(C#N)c1. The molecule has 1 heterocycles. The molecule has 1 aromatic heterocycles. The monoisotopic (exact) mass is 622 g/mol. The standard InChI is InChI=1S/C45H26N4/c46-27-30-20-39(28-47)45(40(21-30)29-48)49-43-17-8-7-16-41(43)42-26-35(18-19-44(42)49)33-14-9-15-34(22-33)38-24-36(31-10-3-1-4-11-31)23-37(25-38)32-12-5-2-6-13-32/h1-26H. The zero-order valence-electron chi connectivity index (χ0n) is 26.3. The Labute approximate surface area is 284 Å². The zero-order valence-corrected chi connectivity index (χ0v) is 26.3. The molecule has 0 unspecified atom stereocenters. The molecule has 0 aliphatic heterocycles. The van der Waals surface area contributed by atoms with Gasteiger partial charge >= 0.3 is 0 Å². The van der Waals surface area contributed by atoms with Gasteiger partial charge in [0.15, 0.2) is 0 Å². The van der Waals surface area contributed by atoms with E-state index < -0.39 is 0 Å². The third-order valence-corrected chi connectivity index (χ3v) is 9.05. The molecule has 0 bridgehead atoms. The summed E-state index contributed by atoms with van der Waals surface area (Å²) in [5, 5.41) is 31.7. The summed E-state index contributed by atoms with van der Waals surface area (Å²) in [6.45, 7) is 0. The van der Waals surface area contributed by atoms with Crippen LogP contribution in [-0.2, 0) is 0 Å². The predicted molar refractivity (Wildman–Crippen MR) is 197 cm³/mol. The highest BCUT2D eigenvalue weighted by molar-refractivity contribution is 6.11. The Hall–Kier alpha value is -7.19. The lowest BCUT2D eigenvalue weighted by molar-refractivity contribution is 1.15. The van der Waals surface area contributed by atoms with Crippen LogP contribution in [0.5, 0.6) is 0 Å². The first-order valence-electron chi connectivity index (χ1n) is 15.9. The van der Waals surface area contributed by atoms with Crippen LogP contribution in [0.1, 0.15) is 16.7 Å². The quantitative estimate of drug-likeness (QED) is 0.192. The van der Waals surface area contributed by atoms with E-state index in [9.17, 15) is 15.8 Å². The molecular weight excluding hydrogens is 597 g/mol. The van der Waals surface area contributed by atoms with Crippen molar-refractivity contribution in [1.82, 2.24) is 4.57 Å². The number of benzene rings is 7. The first-order chi connectivity index (χ1) is 24.1. The Morgan fingerprint density at radius 2 is 0.816 bits per heavy atom. The Kier molecular flexibility index (Phi) is 7.28. The smallest absolute Gasteiger partial charge is 0.101 e. The summed E-state index contributed by atoms with van der Waals surface area (Å²) >= 11 is 0. The fraction of sp³-hybridized carbons (Fsp3) is 0. The molecule has 0 aliphatic carbocycles. The molecule has 49 heavy (non-hydrogen) atoms. The molecule has 226 valence electrons. The molecule has 4 nitrogen and oxygen atoms in total. The van der Waals surface area contributed by atoms with Crippen LogP contribution >= 0.6 is 0 Å². The van der Waals surface area contributed by atoms with Gasteiger partial charge in [-0.15, -0.1) is 0 Å². The Balaban J connectivity index is 1.29. The lowest BCUT2D eigenvalue weighted by Crippen LogP contribution is -2.02. The highest BCUT2D eigenvalue weighted by Gasteiger charge is 2.20. The van der Waals surface area contributed by atoms with Crippen molar-refractivity contribution in [3.05, 3.63) is 174 Å². The van der Waals surface area contributed by atoms with Crippen molar-refractivity contribution in [2.45, 2.75) is 0 Å². The predicted octanol–water partition coefficient (Wildman–Crippen LogP) is 11.1. The average molecular weight is 623 g/mol. The molecule has 7 aromatic carbocycles. The van der Waals surface area contributed by atoms with Gasteiger partial charge in [-0.25, -0.2) is 0 Å². The first-order valence-corrected chi connectivity index (χ1v) is 15.9. The summed E-state index contributed by atoms with van der Waals surface area (Å²) in [5.41, 5.74) is 12.1. The van der Waals surface area contributed by atoms with Crippen molar-refractivity contribution >= 4 is 21.8 Å². The highest BCUT2D eigenvalue weighted by Crippen LogP contribution is 2.38. The van der Waals surface area contributed by atoms with Gasteiger partial charge in [0.2, 0.25) is 0 Å². The van der Waals surface area contributed by atoms with Gasteiger partial charge in [-0.3, -0.25) is 0 Å². The summed E-state index contributed by atoms with van der Waals surface area (Å²) in [7, 11) is 0. The Morgan fingerprint density at radius 3 is 1.41 bits per heavy atom.